The molecule has 0 aliphatic carbocycles. The minimum atomic E-state index is 0.339. The Kier molecular flexibility index (Phi) is 3.43. The number of anilines is 1. The normalized spacial score (nSPS) is 25.7. The standard InChI is InChI=1S/C10H15N3OS/c1-7-2-3-8(14-7)6-15-10-9(11)12-4-5-13-10/h4-5,7-8H,2-3,6H2,1H3,(H2,11,12). The molecule has 0 spiro atoms. The Bertz CT molecular complexity index is 334. The summed E-state index contributed by atoms with van der Waals surface area (Å²) in [6.07, 6.45) is 6.29. The molecule has 0 saturated carbocycles. The Morgan fingerprint density at radius 1 is 1.47 bits per heavy atom. The van der Waals surface area contributed by atoms with Gasteiger partial charge in [0.15, 0.2) is 5.82 Å². The molecule has 2 heterocycles. The van der Waals surface area contributed by atoms with Crippen LogP contribution in [0.2, 0.25) is 0 Å². The summed E-state index contributed by atoms with van der Waals surface area (Å²) in [6.45, 7) is 2.11. The molecule has 1 aliphatic rings. The van der Waals surface area contributed by atoms with Gasteiger partial charge in [-0.3, -0.25) is 0 Å². The monoisotopic (exact) mass is 225 g/mol. The second-order valence-corrected chi connectivity index (χ2v) is 4.71. The van der Waals surface area contributed by atoms with Crippen LogP contribution in [0.4, 0.5) is 5.82 Å². The lowest BCUT2D eigenvalue weighted by Crippen LogP contribution is -2.11. The van der Waals surface area contributed by atoms with Gasteiger partial charge in [0.1, 0.15) is 5.03 Å². The van der Waals surface area contributed by atoms with E-state index in [0.29, 0.717) is 18.0 Å². The maximum Gasteiger partial charge on any atom is 0.156 e. The fourth-order valence-electron chi connectivity index (χ4n) is 1.63. The molecule has 2 N–H and O–H groups in total. The topological polar surface area (TPSA) is 61.0 Å². The average molecular weight is 225 g/mol. The highest BCUT2D eigenvalue weighted by molar-refractivity contribution is 7.99. The van der Waals surface area contributed by atoms with Crippen LogP contribution in [0, 0.1) is 0 Å². The quantitative estimate of drug-likeness (QED) is 0.794. The summed E-state index contributed by atoms with van der Waals surface area (Å²) in [6, 6.07) is 0. The van der Waals surface area contributed by atoms with Crippen molar-refractivity contribution in [1.82, 2.24) is 9.97 Å². The van der Waals surface area contributed by atoms with Gasteiger partial charge in [-0.1, -0.05) is 11.8 Å². The fraction of sp³-hybridized carbons (Fsp3) is 0.600. The van der Waals surface area contributed by atoms with Crippen LogP contribution in [0.15, 0.2) is 17.4 Å². The Morgan fingerprint density at radius 2 is 2.27 bits per heavy atom. The van der Waals surface area contributed by atoms with Crippen LogP contribution in [0.1, 0.15) is 19.8 Å². The van der Waals surface area contributed by atoms with Gasteiger partial charge < -0.3 is 10.5 Å². The van der Waals surface area contributed by atoms with E-state index in [0.717, 1.165) is 23.6 Å². The summed E-state index contributed by atoms with van der Waals surface area (Å²) in [4.78, 5) is 8.17. The van der Waals surface area contributed by atoms with Crippen LogP contribution in [0.25, 0.3) is 0 Å². The molecule has 82 valence electrons. The van der Waals surface area contributed by atoms with Crippen LogP contribution in [0.3, 0.4) is 0 Å². The van der Waals surface area contributed by atoms with E-state index in [2.05, 4.69) is 16.9 Å². The number of thioether (sulfide) groups is 1. The summed E-state index contributed by atoms with van der Waals surface area (Å²) in [7, 11) is 0. The summed E-state index contributed by atoms with van der Waals surface area (Å²) in [5.41, 5.74) is 5.70. The maximum absolute atomic E-state index is 5.71. The highest BCUT2D eigenvalue weighted by atomic mass is 32.2. The molecule has 0 amide bonds. The maximum atomic E-state index is 5.71. The Balaban J connectivity index is 1.86. The molecule has 1 aromatic heterocycles. The van der Waals surface area contributed by atoms with E-state index in [4.69, 9.17) is 10.5 Å². The van der Waals surface area contributed by atoms with E-state index >= 15 is 0 Å². The number of nitrogens with zero attached hydrogens (tertiary/aromatic N) is 2. The van der Waals surface area contributed by atoms with Crippen molar-refractivity contribution in [2.75, 3.05) is 11.5 Å². The fourth-order valence-corrected chi connectivity index (χ4v) is 2.55. The lowest BCUT2D eigenvalue weighted by Gasteiger charge is -2.10. The highest BCUT2D eigenvalue weighted by Crippen LogP contribution is 2.27. The molecule has 2 atom stereocenters. The van der Waals surface area contributed by atoms with Crippen LogP contribution in [0.5, 0.6) is 0 Å². The molecule has 0 radical (unpaired) electrons. The number of ether oxygens (including phenoxy) is 1. The third kappa shape index (κ3) is 2.82. The molecule has 1 aromatic rings. The molecule has 0 bridgehead atoms. The number of aromatic nitrogens is 2. The van der Waals surface area contributed by atoms with Crippen molar-refractivity contribution < 1.29 is 4.74 Å². The number of hydrogen-bond donors (Lipinski definition) is 1. The molecule has 4 nitrogen and oxygen atoms in total. The Hall–Kier alpha value is -0.810. The van der Waals surface area contributed by atoms with Gasteiger partial charge in [-0.05, 0) is 19.8 Å². The van der Waals surface area contributed by atoms with Crippen molar-refractivity contribution in [1.29, 1.82) is 0 Å². The number of nitrogen functional groups attached to an aromatic ring is 1. The van der Waals surface area contributed by atoms with E-state index in [1.807, 2.05) is 0 Å². The van der Waals surface area contributed by atoms with E-state index in [9.17, 15) is 0 Å². The minimum absolute atomic E-state index is 0.339. The van der Waals surface area contributed by atoms with Gasteiger partial charge in [0.25, 0.3) is 0 Å². The molecule has 1 aliphatic heterocycles. The largest absolute Gasteiger partial charge is 0.381 e. The summed E-state index contributed by atoms with van der Waals surface area (Å²) >= 11 is 1.62. The van der Waals surface area contributed by atoms with Crippen LogP contribution in [-0.2, 0) is 4.74 Å². The van der Waals surface area contributed by atoms with Gasteiger partial charge in [0.2, 0.25) is 0 Å². The molecule has 2 unspecified atom stereocenters. The van der Waals surface area contributed by atoms with Crippen molar-refractivity contribution >= 4 is 17.6 Å². The van der Waals surface area contributed by atoms with Gasteiger partial charge in [-0.15, -0.1) is 0 Å². The van der Waals surface area contributed by atoms with E-state index < -0.39 is 0 Å². The van der Waals surface area contributed by atoms with Crippen LogP contribution >= 0.6 is 11.8 Å². The van der Waals surface area contributed by atoms with E-state index in [1.54, 1.807) is 24.2 Å². The zero-order chi connectivity index (χ0) is 10.7. The molecule has 1 saturated heterocycles. The van der Waals surface area contributed by atoms with Crippen molar-refractivity contribution in [3.05, 3.63) is 12.4 Å². The zero-order valence-corrected chi connectivity index (χ0v) is 9.54. The van der Waals surface area contributed by atoms with Crippen molar-refractivity contribution in [3.8, 4) is 0 Å². The predicted octanol–water partition coefficient (Wildman–Crippen LogP) is 1.72. The van der Waals surface area contributed by atoms with E-state index in [1.165, 1.54) is 0 Å². The number of nitrogens with two attached hydrogens (primary N) is 1. The van der Waals surface area contributed by atoms with Gasteiger partial charge in [-0.25, -0.2) is 9.97 Å². The van der Waals surface area contributed by atoms with Gasteiger partial charge >= 0.3 is 0 Å². The van der Waals surface area contributed by atoms with Crippen LogP contribution < -0.4 is 5.73 Å². The molecule has 2 rings (SSSR count). The molecular formula is C10H15N3OS. The number of rotatable bonds is 3. The second-order valence-electron chi connectivity index (χ2n) is 3.70. The van der Waals surface area contributed by atoms with Gasteiger partial charge in [0, 0.05) is 18.1 Å². The summed E-state index contributed by atoms with van der Waals surface area (Å²) < 4.78 is 5.71. The van der Waals surface area contributed by atoms with E-state index in [-0.39, 0.29) is 0 Å². The lowest BCUT2D eigenvalue weighted by molar-refractivity contribution is 0.0700. The van der Waals surface area contributed by atoms with Crippen molar-refractivity contribution in [2.24, 2.45) is 0 Å². The summed E-state index contributed by atoms with van der Waals surface area (Å²) in [5, 5.41) is 0.806. The predicted molar refractivity (Wildman–Crippen MR) is 60.7 cm³/mol. The average Bonchev–Trinajstić information content (AvgIpc) is 2.63. The zero-order valence-electron chi connectivity index (χ0n) is 8.72. The second kappa shape index (κ2) is 4.81. The Morgan fingerprint density at radius 3 is 2.93 bits per heavy atom. The molecule has 5 heteroatoms. The molecule has 1 fully saturated rings. The Labute approximate surface area is 93.6 Å². The summed E-state index contributed by atoms with van der Waals surface area (Å²) in [5.74, 6) is 1.42. The number of hydrogen-bond acceptors (Lipinski definition) is 5. The van der Waals surface area contributed by atoms with Gasteiger partial charge in [-0.2, -0.15) is 0 Å². The first-order chi connectivity index (χ1) is 7.25. The molecule has 0 aromatic carbocycles. The lowest BCUT2D eigenvalue weighted by atomic mass is 10.2. The molecular weight excluding hydrogens is 210 g/mol. The smallest absolute Gasteiger partial charge is 0.156 e. The first kappa shape index (κ1) is 10.7. The van der Waals surface area contributed by atoms with Gasteiger partial charge in [0.05, 0.1) is 12.2 Å². The molecule has 15 heavy (non-hydrogen) atoms. The van der Waals surface area contributed by atoms with Crippen molar-refractivity contribution in [3.63, 3.8) is 0 Å². The minimum Gasteiger partial charge on any atom is -0.381 e. The SMILES string of the molecule is CC1CCC(CSc2nccnc2N)O1. The third-order valence-electron chi connectivity index (χ3n) is 2.42. The van der Waals surface area contributed by atoms with Crippen LogP contribution in [-0.4, -0.2) is 27.9 Å². The van der Waals surface area contributed by atoms with Crippen molar-refractivity contribution in [2.45, 2.75) is 37.0 Å². The third-order valence-corrected chi connectivity index (χ3v) is 3.54. The first-order valence-electron chi connectivity index (χ1n) is 5.10. The highest BCUT2D eigenvalue weighted by Gasteiger charge is 2.22. The first-order valence-corrected chi connectivity index (χ1v) is 6.09.